The minimum atomic E-state index is -0.770. The molecule has 118 valence electrons. The Morgan fingerprint density at radius 2 is 2.24 bits per heavy atom. The molecular formula is C16H24F2N2S. The number of halogens is 2. The number of thioether (sulfide) groups is 1. The zero-order chi connectivity index (χ0) is 15.2. The predicted octanol–water partition coefficient (Wildman–Crippen LogP) is 3.44. The van der Waals surface area contributed by atoms with Crippen molar-refractivity contribution in [2.75, 3.05) is 32.4 Å². The highest BCUT2D eigenvalue weighted by Gasteiger charge is 2.21. The van der Waals surface area contributed by atoms with Crippen LogP contribution in [0.3, 0.4) is 0 Å². The Morgan fingerprint density at radius 3 is 2.95 bits per heavy atom. The third-order valence-corrected chi connectivity index (χ3v) is 5.49. The van der Waals surface area contributed by atoms with Gasteiger partial charge < -0.3 is 10.2 Å². The summed E-state index contributed by atoms with van der Waals surface area (Å²) >= 11 is 2.04. The van der Waals surface area contributed by atoms with Crippen LogP contribution >= 0.6 is 11.8 Å². The first kappa shape index (κ1) is 16.7. The lowest BCUT2D eigenvalue weighted by Gasteiger charge is -2.32. The second-order valence-corrected chi connectivity index (χ2v) is 6.88. The van der Waals surface area contributed by atoms with Gasteiger partial charge in [-0.2, -0.15) is 11.8 Å². The monoisotopic (exact) mass is 314 g/mol. The van der Waals surface area contributed by atoms with Crippen LogP contribution in [0.2, 0.25) is 0 Å². The first-order valence-electron chi connectivity index (χ1n) is 7.60. The van der Waals surface area contributed by atoms with E-state index in [1.54, 1.807) is 19.2 Å². The molecule has 0 spiro atoms. The molecule has 2 rings (SSSR count). The SMILES string of the molecule is CCC1CN(CCC(NC)c2cccc(F)c2F)CCS1. The maximum absolute atomic E-state index is 13.9. The Labute approximate surface area is 130 Å². The van der Waals surface area contributed by atoms with E-state index in [2.05, 4.69) is 17.1 Å². The highest BCUT2D eigenvalue weighted by molar-refractivity contribution is 8.00. The van der Waals surface area contributed by atoms with Crippen LogP contribution in [0.1, 0.15) is 31.4 Å². The molecule has 0 aromatic heterocycles. The molecule has 1 aromatic rings. The molecule has 2 atom stereocenters. The fourth-order valence-electron chi connectivity index (χ4n) is 2.79. The molecule has 21 heavy (non-hydrogen) atoms. The van der Waals surface area contributed by atoms with Crippen molar-refractivity contribution in [2.24, 2.45) is 0 Å². The molecule has 0 radical (unpaired) electrons. The molecule has 0 aliphatic carbocycles. The minimum absolute atomic E-state index is 0.143. The van der Waals surface area contributed by atoms with Crippen molar-refractivity contribution in [2.45, 2.75) is 31.1 Å². The van der Waals surface area contributed by atoms with Gasteiger partial charge >= 0.3 is 0 Å². The average Bonchev–Trinajstić information content (AvgIpc) is 2.52. The van der Waals surface area contributed by atoms with Crippen molar-refractivity contribution in [3.63, 3.8) is 0 Å². The van der Waals surface area contributed by atoms with Gasteiger partial charge in [-0.05, 0) is 26.0 Å². The molecule has 0 bridgehead atoms. The van der Waals surface area contributed by atoms with Gasteiger partial charge in [0.05, 0.1) is 0 Å². The molecule has 0 amide bonds. The molecule has 1 aliphatic heterocycles. The van der Waals surface area contributed by atoms with E-state index >= 15 is 0 Å². The Kier molecular flexibility index (Phi) is 6.45. The van der Waals surface area contributed by atoms with Crippen molar-refractivity contribution >= 4 is 11.8 Å². The number of rotatable bonds is 6. The molecule has 1 N–H and O–H groups in total. The maximum atomic E-state index is 13.9. The molecule has 0 saturated carbocycles. The summed E-state index contributed by atoms with van der Waals surface area (Å²) in [5.41, 5.74) is 0.427. The predicted molar refractivity (Wildman–Crippen MR) is 85.8 cm³/mol. The van der Waals surface area contributed by atoms with Gasteiger partial charge in [-0.3, -0.25) is 0 Å². The number of benzene rings is 1. The fourth-order valence-corrected chi connectivity index (χ4v) is 4.04. The lowest BCUT2D eigenvalue weighted by Crippen LogP contribution is -2.39. The average molecular weight is 314 g/mol. The van der Waals surface area contributed by atoms with Crippen molar-refractivity contribution in [1.82, 2.24) is 10.2 Å². The molecule has 1 fully saturated rings. The van der Waals surface area contributed by atoms with Crippen molar-refractivity contribution in [3.8, 4) is 0 Å². The third kappa shape index (κ3) is 4.41. The van der Waals surface area contributed by atoms with Crippen LogP contribution in [-0.2, 0) is 0 Å². The first-order chi connectivity index (χ1) is 10.2. The summed E-state index contributed by atoms with van der Waals surface area (Å²) in [6, 6.07) is 4.26. The standard InChI is InChI=1S/C16H24F2N2S/c1-3-12-11-20(9-10-21-12)8-7-15(19-2)13-5-4-6-14(17)16(13)18/h4-6,12,15,19H,3,7-11H2,1-2H3. The Bertz CT molecular complexity index is 456. The Hall–Kier alpha value is -0.650. The molecule has 2 nitrogen and oxygen atoms in total. The van der Waals surface area contributed by atoms with Crippen LogP contribution in [0.25, 0.3) is 0 Å². The summed E-state index contributed by atoms with van der Waals surface area (Å²) < 4.78 is 27.2. The van der Waals surface area contributed by atoms with Crippen LogP contribution in [0.4, 0.5) is 8.78 Å². The van der Waals surface area contributed by atoms with Gasteiger partial charge in [0.15, 0.2) is 11.6 Å². The molecular weight excluding hydrogens is 290 g/mol. The molecule has 1 aliphatic rings. The van der Waals surface area contributed by atoms with Crippen LogP contribution in [0.5, 0.6) is 0 Å². The summed E-state index contributed by atoms with van der Waals surface area (Å²) in [6.07, 6.45) is 1.98. The lowest BCUT2D eigenvalue weighted by molar-refractivity contribution is 0.264. The van der Waals surface area contributed by atoms with Crippen molar-refractivity contribution in [1.29, 1.82) is 0 Å². The largest absolute Gasteiger partial charge is 0.313 e. The highest BCUT2D eigenvalue weighted by atomic mass is 32.2. The fraction of sp³-hybridized carbons (Fsp3) is 0.625. The van der Waals surface area contributed by atoms with E-state index in [1.807, 2.05) is 11.8 Å². The van der Waals surface area contributed by atoms with Gasteiger partial charge in [0, 0.05) is 42.2 Å². The summed E-state index contributed by atoms with van der Waals surface area (Å²) in [5, 5.41) is 3.82. The van der Waals surface area contributed by atoms with Crippen LogP contribution in [0.15, 0.2) is 18.2 Å². The van der Waals surface area contributed by atoms with E-state index in [-0.39, 0.29) is 6.04 Å². The van der Waals surface area contributed by atoms with Gasteiger partial charge in [0.2, 0.25) is 0 Å². The van der Waals surface area contributed by atoms with Crippen LogP contribution in [0, 0.1) is 11.6 Å². The Morgan fingerprint density at radius 1 is 1.43 bits per heavy atom. The van der Waals surface area contributed by atoms with Crippen LogP contribution in [-0.4, -0.2) is 42.6 Å². The smallest absolute Gasteiger partial charge is 0.163 e. The number of hydrogen-bond acceptors (Lipinski definition) is 3. The van der Waals surface area contributed by atoms with Gasteiger partial charge in [-0.1, -0.05) is 19.1 Å². The summed E-state index contributed by atoms with van der Waals surface area (Å²) in [4.78, 5) is 2.44. The topological polar surface area (TPSA) is 15.3 Å². The van der Waals surface area contributed by atoms with Crippen LogP contribution < -0.4 is 5.32 Å². The highest BCUT2D eigenvalue weighted by Crippen LogP contribution is 2.25. The maximum Gasteiger partial charge on any atom is 0.163 e. The molecule has 1 heterocycles. The zero-order valence-electron chi connectivity index (χ0n) is 12.7. The molecule has 1 aromatic carbocycles. The van der Waals surface area contributed by atoms with Crippen molar-refractivity contribution < 1.29 is 8.78 Å². The number of nitrogens with one attached hydrogen (secondary N) is 1. The summed E-state index contributed by atoms with van der Waals surface area (Å²) in [7, 11) is 1.80. The minimum Gasteiger partial charge on any atom is -0.313 e. The van der Waals surface area contributed by atoms with Gasteiger partial charge in [0.1, 0.15) is 0 Å². The lowest BCUT2D eigenvalue weighted by atomic mass is 10.0. The van der Waals surface area contributed by atoms with E-state index in [0.717, 1.165) is 31.8 Å². The van der Waals surface area contributed by atoms with Gasteiger partial charge in [-0.25, -0.2) is 8.78 Å². The zero-order valence-corrected chi connectivity index (χ0v) is 13.6. The summed E-state index contributed by atoms with van der Waals surface area (Å²) in [5.74, 6) is -0.331. The number of nitrogens with zero attached hydrogens (tertiary/aromatic N) is 1. The second-order valence-electron chi connectivity index (χ2n) is 5.47. The van der Waals surface area contributed by atoms with E-state index in [0.29, 0.717) is 10.8 Å². The van der Waals surface area contributed by atoms with E-state index in [1.165, 1.54) is 12.5 Å². The normalized spacial score (nSPS) is 21.4. The molecule has 5 heteroatoms. The van der Waals surface area contributed by atoms with Gasteiger partial charge in [-0.15, -0.1) is 0 Å². The van der Waals surface area contributed by atoms with Gasteiger partial charge in [0.25, 0.3) is 0 Å². The Balaban J connectivity index is 1.95. The molecule has 2 unspecified atom stereocenters. The van der Waals surface area contributed by atoms with E-state index in [4.69, 9.17) is 0 Å². The third-order valence-electron chi connectivity index (χ3n) is 4.12. The summed E-state index contributed by atoms with van der Waals surface area (Å²) in [6.45, 7) is 5.32. The molecule has 1 saturated heterocycles. The first-order valence-corrected chi connectivity index (χ1v) is 8.65. The number of hydrogen-bond donors (Lipinski definition) is 1. The van der Waals surface area contributed by atoms with Crippen molar-refractivity contribution in [3.05, 3.63) is 35.4 Å². The second kappa shape index (κ2) is 8.11. The quantitative estimate of drug-likeness (QED) is 0.866. The van der Waals surface area contributed by atoms with E-state index in [9.17, 15) is 8.78 Å². The van der Waals surface area contributed by atoms with E-state index < -0.39 is 11.6 Å².